The van der Waals surface area contributed by atoms with Gasteiger partial charge in [-0.25, -0.2) is 17.6 Å². The molecule has 7 heteroatoms. The average molecular weight is 246 g/mol. The van der Waals surface area contributed by atoms with Gasteiger partial charge in [-0.3, -0.25) is 0 Å². The summed E-state index contributed by atoms with van der Waals surface area (Å²) in [7, 11) is 0. The molecule has 4 unspecified atom stereocenters. The number of hydrogen-bond donors (Lipinski definition) is 0. The average Bonchev–Trinajstić information content (AvgIpc) is 3.06. The molecule has 3 nitrogen and oxygen atoms in total. The summed E-state index contributed by atoms with van der Waals surface area (Å²) in [6.07, 6.45) is -9.87. The molecule has 0 aromatic rings. The number of rotatable bonds is 8. The fourth-order valence-corrected chi connectivity index (χ4v) is 0.967. The van der Waals surface area contributed by atoms with Crippen LogP contribution in [0.4, 0.5) is 17.6 Å². The van der Waals surface area contributed by atoms with E-state index in [4.69, 9.17) is 9.47 Å². The molecule has 0 amide bonds. The minimum Gasteiger partial charge on any atom is -0.371 e. The molecule has 1 heterocycles. The highest BCUT2D eigenvalue weighted by molar-refractivity contribution is 4.68. The second-order valence-electron chi connectivity index (χ2n) is 3.39. The molecule has 4 atom stereocenters. The van der Waals surface area contributed by atoms with Crippen molar-refractivity contribution in [3.05, 3.63) is 0 Å². The maximum Gasteiger partial charge on any atom is 0.274 e. The number of ether oxygens (including phenoxy) is 3. The van der Waals surface area contributed by atoms with Crippen LogP contribution in [0.3, 0.4) is 0 Å². The molecule has 0 aliphatic carbocycles. The summed E-state index contributed by atoms with van der Waals surface area (Å²) in [6.45, 7) is 2.36. The number of alkyl halides is 4. The molecule has 1 aliphatic rings. The van der Waals surface area contributed by atoms with Crippen molar-refractivity contribution in [2.24, 2.45) is 0 Å². The molecule has 0 radical (unpaired) electrons. The zero-order valence-electron chi connectivity index (χ0n) is 8.74. The minimum absolute atomic E-state index is 0.0491. The summed E-state index contributed by atoms with van der Waals surface area (Å²) >= 11 is 0. The molecule has 96 valence electrons. The summed E-state index contributed by atoms with van der Waals surface area (Å²) in [5.41, 5.74) is 0. The monoisotopic (exact) mass is 246 g/mol. The first kappa shape index (κ1) is 13.7. The van der Waals surface area contributed by atoms with E-state index in [-0.39, 0.29) is 19.1 Å². The lowest BCUT2D eigenvalue weighted by Gasteiger charge is -2.20. The van der Waals surface area contributed by atoms with Gasteiger partial charge < -0.3 is 14.2 Å². The molecule has 0 N–H and O–H groups in total. The van der Waals surface area contributed by atoms with Gasteiger partial charge in [0.15, 0.2) is 6.29 Å². The van der Waals surface area contributed by atoms with E-state index in [1.807, 2.05) is 0 Å². The summed E-state index contributed by atoms with van der Waals surface area (Å²) < 4.78 is 63.2. The third kappa shape index (κ3) is 4.63. The molecule has 1 aliphatic heterocycles. The summed E-state index contributed by atoms with van der Waals surface area (Å²) in [6, 6.07) is 0. The minimum atomic E-state index is -3.40. The lowest BCUT2D eigenvalue weighted by Crippen LogP contribution is -2.33. The third-order valence-corrected chi connectivity index (χ3v) is 1.98. The van der Waals surface area contributed by atoms with Crippen LogP contribution in [0.2, 0.25) is 0 Å². The molecule has 16 heavy (non-hydrogen) atoms. The van der Waals surface area contributed by atoms with Crippen molar-refractivity contribution < 1.29 is 31.8 Å². The summed E-state index contributed by atoms with van der Waals surface area (Å²) in [5.74, 6) is 0. The molecule has 1 saturated heterocycles. The molecule has 1 rings (SSSR count). The molecular formula is C9H14F4O3. The molecule has 1 fully saturated rings. The van der Waals surface area contributed by atoms with E-state index in [9.17, 15) is 17.6 Å². The quantitative estimate of drug-likeness (QED) is 0.373. The topological polar surface area (TPSA) is 31.0 Å². The largest absolute Gasteiger partial charge is 0.371 e. The van der Waals surface area contributed by atoms with E-state index >= 15 is 0 Å². The molecule has 0 bridgehead atoms. The first-order valence-electron chi connectivity index (χ1n) is 4.99. The van der Waals surface area contributed by atoms with E-state index in [1.165, 1.54) is 0 Å². The number of halogens is 4. The Kier molecular flexibility index (Phi) is 5.43. The SMILES string of the molecule is CCC(OCC1CO1)OC(F)C(F)C(F)F. The van der Waals surface area contributed by atoms with Crippen LogP contribution in [0.1, 0.15) is 13.3 Å². The van der Waals surface area contributed by atoms with Gasteiger partial charge in [-0.15, -0.1) is 0 Å². The maximum absolute atomic E-state index is 12.8. The van der Waals surface area contributed by atoms with Gasteiger partial charge in [0.1, 0.15) is 6.10 Å². The van der Waals surface area contributed by atoms with Crippen molar-refractivity contribution in [2.75, 3.05) is 13.2 Å². The van der Waals surface area contributed by atoms with E-state index in [0.29, 0.717) is 6.61 Å². The standard InChI is InChI=1S/C9H14F4O3/c1-2-6(15-4-5-3-14-5)16-9(13)7(10)8(11)12/h5-9H,2-4H2,1H3. The summed E-state index contributed by atoms with van der Waals surface area (Å²) in [5, 5.41) is 0. The highest BCUT2D eigenvalue weighted by Crippen LogP contribution is 2.18. The fraction of sp³-hybridized carbons (Fsp3) is 1.00. The van der Waals surface area contributed by atoms with Gasteiger partial charge in [-0.05, 0) is 6.42 Å². The second-order valence-corrected chi connectivity index (χ2v) is 3.39. The van der Waals surface area contributed by atoms with Gasteiger partial charge in [0, 0.05) is 0 Å². The maximum atomic E-state index is 12.8. The van der Waals surface area contributed by atoms with Crippen LogP contribution in [0, 0.1) is 0 Å². The Hall–Kier alpha value is -0.400. The lowest BCUT2D eigenvalue weighted by atomic mass is 10.4. The first-order chi connectivity index (χ1) is 7.54. The van der Waals surface area contributed by atoms with Gasteiger partial charge >= 0.3 is 0 Å². The van der Waals surface area contributed by atoms with Gasteiger partial charge in [0.25, 0.3) is 6.43 Å². The van der Waals surface area contributed by atoms with Crippen molar-refractivity contribution in [1.29, 1.82) is 0 Å². The fourth-order valence-electron chi connectivity index (χ4n) is 0.967. The Bertz CT molecular complexity index is 201. The first-order valence-corrected chi connectivity index (χ1v) is 4.99. The zero-order valence-corrected chi connectivity index (χ0v) is 8.74. The summed E-state index contributed by atoms with van der Waals surface area (Å²) in [4.78, 5) is 0. The van der Waals surface area contributed by atoms with Crippen LogP contribution in [0.25, 0.3) is 0 Å². The van der Waals surface area contributed by atoms with E-state index in [2.05, 4.69) is 4.74 Å². The van der Waals surface area contributed by atoms with E-state index in [0.717, 1.165) is 0 Å². The molecule has 0 aromatic carbocycles. The van der Waals surface area contributed by atoms with Crippen LogP contribution < -0.4 is 0 Å². The smallest absolute Gasteiger partial charge is 0.274 e. The molecule has 0 spiro atoms. The van der Waals surface area contributed by atoms with Crippen LogP contribution in [-0.2, 0) is 14.2 Å². The van der Waals surface area contributed by atoms with Crippen molar-refractivity contribution in [1.82, 2.24) is 0 Å². The van der Waals surface area contributed by atoms with Gasteiger partial charge in [0.2, 0.25) is 12.5 Å². The van der Waals surface area contributed by atoms with E-state index in [1.54, 1.807) is 6.92 Å². The van der Waals surface area contributed by atoms with Crippen LogP contribution in [0.5, 0.6) is 0 Å². The van der Waals surface area contributed by atoms with Crippen LogP contribution >= 0.6 is 0 Å². The molecule has 0 saturated carbocycles. The zero-order chi connectivity index (χ0) is 12.1. The Morgan fingerprint density at radius 2 is 1.94 bits per heavy atom. The van der Waals surface area contributed by atoms with Crippen molar-refractivity contribution >= 4 is 0 Å². The van der Waals surface area contributed by atoms with Crippen molar-refractivity contribution in [3.8, 4) is 0 Å². The predicted molar refractivity (Wildman–Crippen MR) is 46.7 cm³/mol. The van der Waals surface area contributed by atoms with Gasteiger partial charge in [-0.1, -0.05) is 6.92 Å². The van der Waals surface area contributed by atoms with E-state index < -0.39 is 25.2 Å². The number of hydrogen-bond acceptors (Lipinski definition) is 3. The van der Waals surface area contributed by atoms with Gasteiger partial charge in [-0.2, -0.15) is 0 Å². The number of epoxide rings is 1. The van der Waals surface area contributed by atoms with Gasteiger partial charge in [0.05, 0.1) is 13.2 Å². The second kappa shape index (κ2) is 6.36. The van der Waals surface area contributed by atoms with Crippen molar-refractivity contribution in [3.63, 3.8) is 0 Å². The Morgan fingerprint density at radius 3 is 2.38 bits per heavy atom. The normalized spacial score (nSPS) is 25.5. The highest BCUT2D eigenvalue weighted by atomic mass is 19.3. The Labute approximate surface area is 90.7 Å². The molecular weight excluding hydrogens is 232 g/mol. The van der Waals surface area contributed by atoms with Crippen LogP contribution in [-0.4, -0.2) is 44.6 Å². The lowest BCUT2D eigenvalue weighted by molar-refractivity contribution is -0.233. The predicted octanol–water partition coefficient (Wildman–Crippen LogP) is 2.05. The van der Waals surface area contributed by atoms with Crippen molar-refractivity contribution in [2.45, 2.75) is 44.7 Å². The van der Waals surface area contributed by atoms with Crippen LogP contribution in [0.15, 0.2) is 0 Å². The Balaban J connectivity index is 2.24. The highest BCUT2D eigenvalue weighted by Gasteiger charge is 2.33. The Morgan fingerprint density at radius 1 is 1.31 bits per heavy atom. The molecule has 0 aromatic heterocycles. The third-order valence-electron chi connectivity index (χ3n) is 1.98.